The van der Waals surface area contributed by atoms with Gasteiger partial charge >= 0.3 is 0 Å². The lowest BCUT2D eigenvalue weighted by Crippen LogP contribution is -2.49. The van der Waals surface area contributed by atoms with E-state index in [2.05, 4.69) is 11.4 Å². The molecule has 0 saturated carbocycles. The highest BCUT2D eigenvalue weighted by molar-refractivity contribution is 6.30. The Balaban J connectivity index is 2.24. The molecule has 4 nitrogen and oxygen atoms in total. The van der Waals surface area contributed by atoms with Crippen molar-refractivity contribution in [3.8, 4) is 6.07 Å². The molecule has 1 N–H and O–H groups in total. The summed E-state index contributed by atoms with van der Waals surface area (Å²) in [5.41, 5.74) is 0.798. The Labute approximate surface area is 105 Å². The second-order valence-corrected chi connectivity index (χ2v) is 4.28. The van der Waals surface area contributed by atoms with Crippen molar-refractivity contribution in [3.05, 3.63) is 34.9 Å². The molecule has 1 saturated heterocycles. The van der Waals surface area contributed by atoms with Gasteiger partial charge in [-0.3, -0.25) is 4.79 Å². The van der Waals surface area contributed by atoms with Gasteiger partial charge in [-0.05, 0) is 17.7 Å². The Morgan fingerprint density at radius 3 is 2.71 bits per heavy atom. The van der Waals surface area contributed by atoms with Crippen molar-refractivity contribution in [1.82, 2.24) is 10.2 Å². The summed E-state index contributed by atoms with van der Waals surface area (Å²) in [6.45, 7) is 1.57. The quantitative estimate of drug-likeness (QED) is 0.861. The third kappa shape index (κ3) is 2.57. The average Bonchev–Trinajstić information content (AvgIpc) is 2.35. The van der Waals surface area contributed by atoms with Gasteiger partial charge in [0.05, 0.1) is 12.6 Å². The first kappa shape index (κ1) is 11.9. The van der Waals surface area contributed by atoms with Crippen LogP contribution in [0, 0.1) is 11.3 Å². The number of nitriles is 1. The maximum Gasteiger partial charge on any atom is 0.237 e. The SMILES string of the molecule is N#CC(c1ccc(Cl)cc1)N1CCNCC1=O. The fraction of sp³-hybridized carbons (Fsp3) is 0.333. The van der Waals surface area contributed by atoms with Crippen LogP contribution in [-0.2, 0) is 4.79 Å². The molecule has 0 radical (unpaired) electrons. The van der Waals surface area contributed by atoms with Crippen molar-refractivity contribution in [3.63, 3.8) is 0 Å². The van der Waals surface area contributed by atoms with Crippen molar-refractivity contribution in [2.75, 3.05) is 19.6 Å². The van der Waals surface area contributed by atoms with Crippen molar-refractivity contribution < 1.29 is 4.79 Å². The van der Waals surface area contributed by atoms with Crippen molar-refractivity contribution in [2.24, 2.45) is 0 Å². The summed E-state index contributed by atoms with van der Waals surface area (Å²) in [5.74, 6) is -0.0437. The number of hydrogen-bond donors (Lipinski definition) is 1. The largest absolute Gasteiger partial charge is 0.320 e. The zero-order chi connectivity index (χ0) is 12.3. The Hall–Kier alpha value is -1.57. The van der Waals surface area contributed by atoms with E-state index in [4.69, 9.17) is 11.6 Å². The fourth-order valence-electron chi connectivity index (χ4n) is 1.86. The third-order valence-electron chi connectivity index (χ3n) is 2.75. The molecule has 0 bridgehead atoms. The first-order valence-corrected chi connectivity index (χ1v) is 5.75. The van der Waals surface area contributed by atoms with Gasteiger partial charge in [-0.2, -0.15) is 5.26 Å². The molecule has 0 spiro atoms. The van der Waals surface area contributed by atoms with Crippen LogP contribution in [-0.4, -0.2) is 30.4 Å². The predicted octanol–water partition coefficient (Wildman–Crippen LogP) is 1.34. The van der Waals surface area contributed by atoms with Gasteiger partial charge in [0.2, 0.25) is 5.91 Å². The second kappa shape index (κ2) is 5.17. The van der Waals surface area contributed by atoms with Gasteiger partial charge in [-0.15, -0.1) is 0 Å². The molecule has 1 atom stereocenters. The van der Waals surface area contributed by atoms with Crippen LogP contribution < -0.4 is 5.32 Å². The Kier molecular flexibility index (Phi) is 3.62. The van der Waals surface area contributed by atoms with Crippen molar-refractivity contribution >= 4 is 17.5 Å². The van der Waals surface area contributed by atoms with Gasteiger partial charge in [-0.1, -0.05) is 23.7 Å². The highest BCUT2D eigenvalue weighted by Gasteiger charge is 2.26. The second-order valence-electron chi connectivity index (χ2n) is 3.85. The molecular formula is C12H12ClN3O. The minimum atomic E-state index is -0.526. The lowest BCUT2D eigenvalue weighted by Gasteiger charge is -2.31. The number of halogens is 1. The van der Waals surface area contributed by atoms with Crippen LogP contribution in [0.4, 0.5) is 0 Å². The first-order chi connectivity index (χ1) is 8.22. The number of benzene rings is 1. The lowest BCUT2D eigenvalue weighted by atomic mass is 10.1. The van der Waals surface area contributed by atoms with E-state index in [1.807, 2.05) is 0 Å². The summed E-state index contributed by atoms with van der Waals surface area (Å²) >= 11 is 5.80. The molecule has 0 aliphatic carbocycles. The van der Waals surface area contributed by atoms with Crippen LogP contribution >= 0.6 is 11.6 Å². The zero-order valence-electron chi connectivity index (χ0n) is 9.19. The number of hydrogen-bond acceptors (Lipinski definition) is 3. The highest BCUT2D eigenvalue weighted by atomic mass is 35.5. The van der Waals surface area contributed by atoms with Gasteiger partial charge in [0.1, 0.15) is 6.04 Å². The predicted molar refractivity (Wildman–Crippen MR) is 64.4 cm³/mol. The van der Waals surface area contributed by atoms with Crippen LogP contribution in [0.5, 0.6) is 0 Å². The number of amides is 1. The van der Waals surface area contributed by atoms with Crippen LogP contribution in [0.3, 0.4) is 0 Å². The normalized spacial score (nSPS) is 17.6. The van der Waals surface area contributed by atoms with Gasteiger partial charge in [0.15, 0.2) is 0 Å². The molecule has 17 heavy (non-hydrogen) atoms. The smallest absolute Gasteiger partial charge is 0.237 e. The van der Waals surface area contributed by atoms with E-state index < -0.39 is 6.04 Å². The zero-order valence-corrected chi connectivity index (χ0v) is 9.94. The molecule has 1 fully saturated rings. The highest BCUT2D eigenvalue weighted by Crippen LogP contribution is 2.22. The molecule has 2 rings (SSSR count). The van der Waals surface area contributed by atoms with Crippen LogP contribution in [0.25, 0.3) is 0 Å². The molecular weight excluding hydrogens is 238 g/mol. The monoisotopic (exact) mass is 249 g/mol. The lowest BCUT2D eigenvalue weighted by molar-refractivity contribution is -0.133. The molecule has 0 aromatic heterocycles. The van der Waals surface area contributed by atoms with Gasteiger partial charge in [0, 0.05) is 18.1 Å². The number of piperazine rings is 1. The maximum atomic E-state index is 11.7. The number of rotatable bonds is 2. The van der Waals surface area contributed by atoms with Gasteiger partial charge in [-0.25, -0.2) is 0 Å². The van der Waals surface area contributed by atoms with Gasteiger partial charge < -0.3 is 10.2 Å². The summed E-state index contributed by atoms with van der Waals surface area (Å²) in [5, 5.41) is 12.8. The minimum Gasteiger partial charge on any atom is -0.320 e. The summed E-state index contributed by atoms with van der Waals surface area (Å²) in [4.78, 5) is 13.3. The Bertz CT molecular complexity index is 452. The number of nitrogens with one attached hydrogen (secondary N) is 1. The van der Waals surface area contributed by atoms with E-state index in [1.54, 1.807) is 29.2 Å². The van der Waals surface area contributed by atoms with Crippen LogP contribution in [0.1, 0.15) is 11.6 Å². The molecule has 1 amide bonds. The molecule has 1 heterocycles. The van der Waals surface area contributed by atoms with Crippen LogP contribution in [0.2, 0.25) is 5.02 Å². The topological polar surface area (TPSA) is 56.1 Å². The van der Waals surface area contributed by atoms with Crippen molar-refractivity contribution in [1.29, 1.82) is 5.26 Å². The van der Waals surface area contributed by atoms with Crippen LogP contribution in [0.15, 0.2) is 24.3 Å². The van der Waals surface area contributed by atoms with E-state index in [1.165, 1.54) is 0 Å². The molecule has 1 aliphatic heterocycles. The van der Waals surface area contributed by atoms with Gasteiger partial charge in [0.25, 0.3) is 0 Å². The number of nitrogens with zero attached hydrogens (tertiary/aromatic N) is 2. The molecule has 5 heteroatoms. The van der Waals surface area contributed by atoms with E-state index >= 15 is 0 Å². The molecule has 88 valence electrons. The average molecular weight is 250 g/mol. The number of carbonyl (C=O) groups excluding carboxylic acids is 1. The Morgan fingerprint density at radius 2 is 2.12 bits per heavy atom. The molecule has 1 unspecified atom stereocenters. The van der Waals surface area contributed by atoms with E-state index in [-0.39, 0.29) is 5.91 Å². The molecule has 1 aliphatic rings. The summed E-state index contributed by atoms with van der Waals surface area (Å²) in [7, 11) is 0. The fourth-order valence-corrected chi connectivity index (χ4v) is 1.99. The standard InChI is InChI=1S/C12H12ClN3O/c13-10-3-1-9(2-4-10)11(7-14)16-6-5-15-8-12(16)17/h1-4,11,15H,5-6,8H2. The minimum absolute atomic E-state index is 0.0437. The van der Waals surface area contributed by atoms with E-state index in [0.717, 1.165) is 12.1 Å². The summed E-state index contributed by atoms with van der Waals surface area (Å²) < 4.78 is 0. The van der Waals surface area contributed by atoms with E-state index in [9.17, 15) is 10.1 Å². The molecule has 1 aromatic carbocycles. The first-order valence-electron chi connectivity index (χ1n) is 5.37. The summed E-state index contributed by atoms with van der Waals surface area (Å²) in [6.07, 6.45) is 0. The number of carbonyl (C=O) groups is 1. The molecule has 1 aromatic rings. The third-order valence-corrected chi connectivity index (χ3v) is 3.00. The Morgan fingerprint density at radius 1 is 1.41 bits per heavy atom. The maximum absolute atomic E-state index is 11.7. The van der Waals surface area contributed by atoms with E-state index in [0.29, 0.717) is 18.1 Å². The summed E-state index contributed by atoms with van der Waals surface area (Å²) in [6, 6.07) is 8.67. The van der Waals surface area contributed by atoms with Crippen molar-refractivity contribution in [2.45, 2.75) is 6.04 Å².